The van der Waals surface area contributed by atoms with Crippen LogP contribution in [0.15, 0.2) is 0 Å². The summed E-state index contributed by atoms with van der Waals surface area (Å²) >= 11 is 4.76. The van der Waals surface area contributed by atoms with E-state index < -0.39 is 47.8 Å². The Hall–Kier alpha value is -0.970. The Morgan fingerprint density at radius 3 is 2.43 bits per heavy atom. The zero-order chi connectivity index (χ0) is 27.8. The lowest BCUT2D eigenvalue weighted by Gasteiger charge is -2.45. The fraction of sp³-hybridized carbons (Fsp3) is 0.870. The zero-order valence-electron chi connectivity index (χ0n) is 21.1. The van der Waals surface area contributed by atoms with Crippen molar-refractivity contribution in [1.29, 1.82) is 0 Å². The van der Waals surface area contributed by atoms with Crippen molar-refractivity contribution < 1.29 is 54.1 Å². The van der Waals surface area contributed by atoms with Gasteiger partial charge in [-0.05, 0) is 18.6 Å². The molecule has 0 aromatic heterocycles. The number of Topliss-reactive ketones (excluding diaryl/α,β-unsaturated/α-hetero) is 1. The second-order valence-electron chi connectivity index (χ2n) is 8.84. The average molecular weight is 572 g/mol. The van der Waals surface area contributed by atoms with E-state index in [-0.39, 0.29) is 30.3 Å². The molecule has 216 valence electrons. The van der Waals surface area contributed by atoms with Gasteiger partial charge in [0.15, 0.2) is 0 Å². The summed E-state index contributed by atoms with van der Waals surface area (Å²) in [7, 11) is 0. The van der Waals surface area contributed by atoms with Gasteiger partial charge >= 0.3 is 5.97 Å². The molecule has 1 amide bonds. The number of hydrogen-bond acceptors (Lipinski definition) is 12. The third-order valence-corrected chi connectivity index (χ3v) is 7.57. The van der Waals surface area contributed by atoms with E-state index in [0.29, 0.717) is 63.3 Å². The monoisotopic (exact) mass is 571 g/mol. The molecule has 4 unspecified atom stereocenters. The lowest BCUT2D eigenvalue weighted by Crippen LogP contribution is -2.59. The van der Waals surface area contributed by atoms with Crippen molar-refractivity contribution in [3.8, 4) is 0 Å². The summed E-state index contributed by atoms with van der Waals surface area (Å²) in [5.74, 6) is -1.92. The molecule has 12 nitrogen and oxygen atoms in total. The number of aliphatic hydroxyl groups is 4. The maximum absolute atomic E-state index is 12.3. The van der Waals surface area contributed by atoms with Gasteiger partial charge in [0.2, 0.25) is 10.8 Å². The van der Waals surface area contributed by atoms with Crippen molar-refractivity contribution in [1.82, 2.24) is 5.32 Å². The van der Waals surface area contributed by atoms with Crippen LogP contribution in [0.4, 0.5) is 0 Å². The first-order valence-electron chi connectivity index (χ1n) is 12.3. The number of rotatable bonds is 20. The number of aliphatic hydroxyl groups excluding tert-OH is 4. The number of aliphatic carboxylic acids is 1. The van der Waals surface area contributed by atoms with E-state index >= 15 is 0 Å². The number of carboxylic acids is 1. The van der Waals surface area contributed by atoms with E-state index in [1.165, 1.54) is 0 Å². The van der Waals surface area contributed by atoms with E-state index in [9.17, 15) is 34.8 Å². The number of nitrogens with one attached hydrogen (secondary N) is 1. The molecular weight excluding hydrogens is 530 g/mol. The van der Waals surface area contributed by atoms with Gasteiger partial charge in [0.1, 0.15) is 18.0 Å². The topological polar surface area (TPSA) is 192 Å². The quantitative estimate of drug-likeness (QED) is 0.0713. The molecule has 1 aliphatic heterocycles. The molecule has 6 atom stereocenters. The molecule has 1 heterocycles. The first-order chi connectivity index (χ1) is 17.6. The molecule has 1 aliphatic rings. The number of hydrogen-bond donors (Lipinski definition) is 7. The van der Waals surface area contributed by atoms with Crippen LogP contribution in [0.1, 0.15) is 39.0 Å². The van der Waals surface area contributed by atoms with Crippen molar-refractivity contribution in [3.63, 3.8) is 0 Å². The molecule has 14 heteroatoms. The minimum absolute atomic E-state index is 0.0373. The second-order valence-corrected chi connectivity index (χ2v) is 10.5. The fourth-order valence-electron chi connectivity index (χ4n) is 3.61. The summed E-state index contributed by atoms with van der Waals surface area (Å²) in [4.78, 5) is 33.8. The van der Waals surface area contributed by atoms with E-state index in [1.807, 2.05) is 0 Å². The van der Waals surface area contributed by atoms with Gasteiger partial charge in [0.25, 0.3) is 0 Å². The van der Waals surface area contributed by atoms with Crippen molar-refractivity contribution in [2.24, 2.45) is 5.92 Å². The van der Waals surface area contributed by atoms with Gasteiger partial charge in [-0.3, -0.25) is 9.59 Å². The number of thiol groups is 1. The Kier molecular flexibility index (Phi) is 16.9. The number of carboxylic acid groups (broad SMARTS) is 1. The normalized spacial score (nSPS) is 25.4. The molecule has 0 aromatic carbocycles. The van der Waals surface area contributed by atoms with Crippen molar-refractivity contribution in [3.05, 3.63) is 0 Å². The summed E-state index contributed by atoms with van der Waals surface area (Å²) in [6, 6.07) is 0. The number of carbonyl (C=O) groups is 3. The van der Waals surface area contributed by atoms with Gasteiger partial charge in [0, 0.05) is 38.3 Å². The van der Waals surface area contributed by atoms with Gasteiger partial charge in [-0.25, -0.2) is 4.79 Å². The highest BCUT2D eigenvalue weighted by molar-refractivity contribution is 8.01. The molecule has 1 saturated heterocycles. The Morgan fingerprint density at radius 1 is 1.14 bits per heavy atom. The summed E-state index contributed by atoms with van der Waals surface area (Å²) in [6.45, 7) is 2.53. The highest BCUT2D eigenvalue weighted by atomic mass is 32.2. The van der Waals surface area contributed by atoms with Crippen LogP contribution in [0.5, 0.6) is 0 Å². The van der Waals surface area contributed by atoms with Gasteiger partial charge in [0.05, 0.1) is 44.4 Å². The van der Waals surface area contributed by atoms with Crippen LogP contribution in [0.25, 0.3) is 0 Å². The third kappa shape index (κ3) is 12.2. The van der Waals surface area contributed by atoms with Crippen molar-refractivity contribution in [2.45, 2.75) is 68.4 Å². The lowest BCUT2D eigenvalue weighted by molar-refractivity contribution is -0.212. The molecule has 1 rings (SSSR count). The van der Waals surface area contributed by atoms with Gasteiger partial charge in [-0.2, -0.15) is 12.6 Å². The van der Waals surface area contributed by atoms with Crippen LogP contribution in [0, 0.1) is 5.92 Å². The van der Waals surface area contributed by atoms with E-state index in [0.717, 1.165) is 6.42 Å². The van der Waals surface area contributed by atoms with Crippen LogP contribution in [-0.2, 0) is 28.6 Å². The smallest absolute Gasteiger partial charge is 0.346 e. The standard InChI is InChI=1S/C23H41NO11S2/c1-15-17(27)12-23(22(31)32,35-21(15)20(30)18(28)13-25)37-14-16(26)4-2-7-33-9-10-34-8-6-24-19(29)5-3-11-36/h15,17-18,20-21,25,27-28,30,36H,2-14H2,1H3,(H,24,29)(H,31,32)/t15?,17?,18-,20-,21?,23?/m1/s1. The Balaban J connectivity index is 2.32. The van der Waals surface area contributed by atoms with Crippen molar-refractivity contribution >= 4 is 42.1 Å². The highest BCUT2D eigenvalue weighted by Gasteiger charge is 2.53. The number of ether oxygens (including phenoxy) is 3. The maximum atomic E-state index is 12.3. The van der Waals surface area contributed by atoms with Gasteiger partial charge in [-0.15, -0.1) is 11.8 Å². The number of thioether (sulfide) groups is 1. The van der Waals surface area contributed by atoms with Crippen LogP contribution in [0.3, 0.4) is 0 Å². The first-order valence-corrected chi connectivity index (χ1v) is 13.9. The van der Waals surface area contributed by atoms with Crippen LogP contribution >= 0.6 is 24.4 Å². The molecule has 6 N–H and O–H groups in total. The summed E-state index contributed by atoms with van der Waals surface area (Å²) in [5, 5.41) is 52.1. The molecule has 37 heavy (non-hydrogen) atoms. The molecule has 0 radical (unpaired) electrons. The summed E-state index contributed by atoms with van der Waals surface area (Å²) in [5.41, 5.74) is 0. The Labute approximate surface area is 226 Å². The van der Waals surface area contributed by atoms with Crippen molar-refractivity contribution in [2.75, 3.05) is 51.1 Å². The molecule has 0 aromatic rings. The van der Waals surface area contributed by atoms with Crippen LogP contribution < -0.4 is 5.32 Å². The summed E-state index contributed by atoms with van der Waals surface area (Å²) in [6.07, 6.45) is -4.18. The third-order valence-electron chi connectivity index (χ3n) is 5.89. The summed E-state index contributed by atoms with van der Waals surface area (Å²) < 4.78 is 16.4. The molecular formula is C23H41NO11S2. The fourth-order valence-corrected chi connectivity index (χ4v) is 4.90. The second kappa shape index (κ2) is 18.3. The highest BCUT2D eigenvalue weighted by Crippen LogP contribution is 2.42. The molecule has 0 bridgehead atoms. The lowest BCUT2D eigenvalue weighted by atomic mass is 9.85. The number of ketones is 1. The van der Waals surface area contributed by atoms with E-state index in [1.54, 1.807) is 6.92 Å². The number of carbonyl (C=O) groups excluding carboxylic acids is 2. The van der Waals surface area contributed by atoms with Gasteiger partial charge < -0.3 is 45.1 Å². The van der Waals surface area contributed by atoms with Crippen LogP contribution in [0.2, 0.25) is 0 Å². The minimum atomic E-state index is -1.98. The first kappa shape index (κ1) is 34.1. The number of amides is 1. The predicted octanol–water partition coefficient (Wildman–Crippen LogP) is -0.791. The molecule has 0 aliphatic carbocycles. The predicted molar refractivity (Wildman–Crippen MR) is 139 cm³/mol. The van der Waals surface area contributed by atoms with E-state index in [4.69, 9.17) is 19.3 Å². The Bertz CT molecular complexity index is 702. The van der Waals surface area contributed by atoms with E-state index in [2.05, 4.69) is 17.9 Å². The SMILES string of the molecule is CC1C(O)CC(SCC(=O)CCCOCCOCCNC(=O)CCCS)(C(=O)O)OC1[C@H](O)[C@H](O)CO. The minimum Gasteiger partial charge on any atom is -0.478 e. The average Bonchev–Trinajstić information content (AvgIpc) is 2.87. The van der Waals surface area contributed by atoms with Gasteiger partial charge in [-0.1, -0.05) is 6.92 Å². The zero-order valence-corrected chi connectivity index (χ0v) is 22.8. The Morgan fingerprint density at radius 2 is 1.81 bits per heavy atom. The van der Waals surface area contributed by atoms with Crippen LogP contribution in [-0.4, -0.2) is 124 Å². The molecule has 0 saturated carbocycles. The molecule has 1 fully saturated rings. The molecule has 0 spiro atoms. The largest absolute Gasteiger partial charge is 0.478 e. The maximum Gasteiger partial charge on any atom is 0.346 e.